The van der Waals surface area contributed by atoms with E-state index in [0.29, 0.717) is 17.7 Å². The van der Waals surface area contributed by atoms with Crippen LogP contribution in [-0.2, 0) is 0 Å². The molecule has 7 aromatic rings. The minimum atomic E-state index is -1.36. The second-order valence-corrected chi connectivity index (χ2v) is 18.7. The van der Waals surface area contributed by atoms with Crippen molar-refractivity contribution in [1.82, 2.24) is 4.98 Å². The lowest BCUT2D eigenvalue weighted by molar-refractivity contribution is 0.616. The summed E-state index contributed by atoms with van der Waals surface area (Å²) < 4.78 is 13.0. The average molecular weight is 594 g/mol. The Labute approximate surface area is 260 Å². The summed E-state index contributed by atoms with van der Waals surface area (Å²) in [6, 6.07) is 34.7. The summed E-state index contributed by atoms with van der Waals surface area (Å²) in [5, 5.41) is 3.65. The Morgan fingerprint density at radius 1 is 0.591 bits per heavy atom. The predicted octanol–water partition coefficient (Wildman–Crippen LogP) is 11.5. The molecule has 4 heteroatoms. The van der Waals surface area contributed by atoms with E-state index in [1.54, 1.807) is 0 Å². The second-order valence-electron chi connectivity index (χ2n) is 13.6. The minimum Gasteiger partial charge on any atom is -0.455 e. The maximum absolute atomic E-state index is 6.71. The van der Waals surface area contributed by atoms with Crippen molar-refractivity contribution in [3.8, 4) is 33.7 Å². The van der Waals surface area contributed by atoms with Crippen molar-refractivity contribution >= 4 is 46.3 Å². The summed E-state index contributed by atoms with van der Waals surface area (Å²) in [7, 11) is -1.36. The van der Waals surface area contributed by atoms with Gasteiger partial charge in [0.2, 0.25) is 5.89 Å². The first-order valence-electron chi connectivity index (χ1n) is 15.7. The van der Waals surface area contributed by atoms with Gasteiger partial charge in [-0.05, 0) is 57.9 Å². The lowest BCUT2D eigenvalue weighted by Crippen LogP contribution is -2.37. The van der Waals surface area contributed by atoms with E-state index in [2.05, 4.69) is 114 Å². The third kappa shape index (κ3) is 4.78. The Kier molecular flexibility index (Phi) is 6.86. The number of hydrogen-bond acceptors (Lipinski definition) is 3. The zero-order valence-electron chi connectivity index (χ0n) is 26.7. The van der Waals surface area contributed by atoms with Gasteiger partial charge in [0.1, 0.15) is 16.7 Å². The van der Waals surface area contributed by atoms with Crippen LogP contribution in [0.3, 0.4) is 0 Å². The van der Waals surface area contributed by atoms with Gasteiger partial charge in [0.15, 0.2) is 5.58 Å². The number of para-hydroxylation sites is 3. The third-order valence-corrected chi connectivity index (χ3v) is 10.9. The van der Waals surface area contributed by atoms with E-state index in [-0.39, 0.29) is 0 Å². The number of rotatable bonds is 6. The molecule has 0 N–H and O–H groups in total. The third-order valence-electron chi connectivity index (χ3n) is 8.85. The molecule has 0 amide bonds. The zero-order chi connectivity index (χ0) is 30.7. The van der Waals surface area contributed by atoms with Crippen LogP contribution in [0, 0.1) is 0 Å². The maximum Gasteiger partial charge on any atom is 0.231 e. The molecule has 44 heavy (non-hydrogen) atoms. The number of benzene rings is 5. The van der Waals surface area contributed by atoms with Gasteiger partial charge in [-0.2, -0.15) is 0 Å². The smallest absolute Gasteiger partial charge is 0.231 e. The molecule has 0 saturated carbocycles. The summed E-state index contributed by atoms with van der Waals surface area (Å²) in [5.74, 6) is 1.23. The first kappa shape index (κ1) is 28.4. The molecule has 220 valence electrons. The molecule has 0 radical (unpaired) electrons. The SMILES string of the molecule is CC(C)c1cc(-c2ccc([Si](C)(C)C)cc2)cc(C(C)C)c1-c1cccc2nc(-c3cccc4c3oc3ccccc34)oc12. The summed E-state index contributed by atoms with van der Waals surface area (Å²) in [6.07, 6.45) is 0. The molecular weight excluding hydrogens is 555 g/mol. The average Bonchev–Trinajstić information content (AvgIpc) is 3.62. The van der Waals surface area contributed by atoms with Crippen LogP contribution in [0.25, 0.3) is 66.7 Å². The number of nitrogens with zero attached hydrogens (tertiary/aromatic N) is 1. The molecule has 0 aliphatic heterocycles. The van der Waals surface area contributed by atoms with Gasteiger partial charge in [-0.15, -0.1) is 0 Å². The standard InChI is InChI=1S/C40H39NO2Si/c1-24(2)33-22-27(26-18-20-28(21-19-26)44(5,6)7)23-34(25(3)4)37(33)31-14-11-16-35-39(31)43-40(41-35)32-15-10-13-30-29-12-8-9-17-36(29)42-38(30)32/h8-25H,1-7H3. The molecule has 2 aromatic heterocycles. The van der Waals surface area contributed by atoms with E-state index in [1.165, 1.54) is 33.0 Å². The Bertz CT molecular complexity index is 2130. The summed E-state index contributed by atoms with van der Waals surface area (Å²) in [4.78, 5) is 5.01. The summed E-state index contributed by atoms with van der Waals surface area (Å²) in [6.45, 7) is 16.3. The van der Waals surface area contributed by atoms with Crippen LogP contribution in [0.15, 0.2) is 106 Å². The van der Waals surface area contributed by atoms with Gasteiger partial charge in [0.25, 0.3) is 0 Å². The highest BCUT2D eigenvalue weighted by molar-refractivity contribution is 6.88. The number of furan rings is 1. The van der Waals surface area contributed by atoms with Gasteiger partial charge in [0.05, 0.1) is 13.6 Å². The molecule has 0 spiro atoms. The lowest BCUT2D eigenvalue weighted by Gasteiger charge is -2.23. The number of fused-ring (bicyclic) bond motifs is 4. The maximum atomic E-state index is 6.71. The van der Waals surface area contributed by atoms with E-state index in [4.69, 9.17) is 13.8 Å². The minimum absolute atomic E-state index is 0.325. The van der Waals surface area contributed by atoms with Crippen molar-refractivity contribution in [2.24, 2.45) is 0 Å². The van der Waals surface area contributed by atoms with Crippen LogP contribution in [0.5, 0.6) is 0 Å². The Hall–Kier alpha value is -4.41. The van der Waals surface area contributed by atoms with Crippen molar-refractivity contribution in [1.29, 1.82) is 0 Å². The highest BCUT2D eigenvalue weighted by Crippen LogP contribution is 2.44. The Balaban J connectivity index is 1.41. The fourth-order valence-corrected chi connectivity index (χ4v) is 7.58. The molecule has 0 fully saturated rings. The quantitative estimate of drug-likeness (QED) is 0.180. The molecule has 0 atom stereocenters. The fraction of sp³-hybridized carbons (Fsp3) is 0.225. The normalized spacial score (nSPS) is 12.4. The van der Waals surface area contributed by atoms with Gasteiger partial charge >= 0.3 is 0 Å². The predicted molar refractivity (Wildman–Crippen MR) is 189 cm³/mol. The van der Waals surface area contributed by atoms with Crippen LogP contribution in [0.4, 0.5) is 0 Å². The summed E-state index contributed by atoms with van der Waals surface area (Å²) >= 11 is 0. The number of hydrogen-bond donors (Lipinski definition) is 0. The molecular formula is C40H39NO2Si. The molecule has 0 saturated heterocycles. The van der Waals surface area contributed by atoms with Crippen molar-refractivity contribution in [2.45, 2.75) is 59.2 Å². The molecule has 5 aromatic carbocycles. The van der Waals surface area contributed by atoms with Crippen LogP contribution >= 0.6 is 0 Å². The highest BCUT2D eigenvalue weighted by Gasteiger charge is 2.24. The van der Waals surface area contributed by atoms with Crippen LogP contribution < -0.4 is 5.19 Å². The van der Waals surface area contributed by atoms with Crippen molar-refractivity contribution in [3.63, 3.8) is 0 Å². The monoisotopic (exact) mass is 593 g/mol. The lowest BCUT2D eigenvalue weighted by atomic mass is 9.82. The van der Waals surface area contributed by atoms with Crippen LogP contribution in [-0.4, -0.2) is 13.1 Å². The molecule has 0 bridgehead atoms. The van der Waals surface area contributed by atoms with Gasteiger partial charge in [-0.1, -0.05) is 131 Å². The highest BCUT2D eigenvalue weighted by atomic mass is 28.3. The van der Waals surface area contributed by atoms with Crippen LogP contribution in [0.1, 0.15) is 50.7 Å². The van der Waals surface area contributed by atoms with Gasteiger partial charge < -0.3 is 8.83 Å². The number of aromatic nitrogens is 1. The van der Waals surface area contributed by atoms with Crippen molar-refractivity contribution < 1.29 is 8.83 Å². The van der Waals surface area contributed by atoms with Gasteiger partial charge in [-0.3, -0.25) is 0 Å². The van der Waals surface area contributed by atoms with E-state index in [9.17, 15) is 0 Å². The fourth-order valence-electron chi connectivity index (χ4n) is 6.42. The zero-order valence-corrected chi connectivity index (χ0v) is 27.7. The topological polar surface area (TPSA) is 39.2 Å². The number of oxazole rings is 1. The van der Waals surface area contributed by atoms with Crippen LogP contribution in [0.2, 0.25) is 19.6 Å². The summed E-state index contributed by atoms with van der Waals surface area (Å²) in [5.41, 5.74) is 11.7. The van der Waals surface area contributed by atoms with E-state index >= 15 is 0 Å². The molecule has 3 nitrogen and oxygen atoms in total. The van der Waals surface area contributed by atoms with E-state index < -0.39 is 8.07 Å². The van der Waals surface area contributed by atoms with Crippen molar-refractivity contribution in [2.75, 3.05) is 0 Å². The Morgan fingerprint density at radius 2 is 1.23 bits per heavy atom. The van der Waals surface area contributed by atoms with Gasteiger partial charge in [-0.25, -0.2) is 4.98 Å². The second kappa shape index (κ2) is 10.6. The molecule has 0 unspecified atom stereocenters. The molecule has 7 rings (SSSR count). The van der Waals surface area contributed by atoms with E-state index in [0.717, 1.165) is 44.2 Å². The first-order chi connectivity index (χ1) is 21.1. The molecule has 0 aliphatic carbocycles. The molecule has 2 heterocycles. The largest absolute Gasteiger partial charge is 0.455 e. The first-order valence-corrected chi connectivity index (χ1v) is 19.2. The molecule has 0 aliphatic rings. The van der Waals surface area contributed by atoms with Gasteiger partial charge in [0, 0.05) is 16.3 Å². The Morgan fingerprint density at radius 3 is 1.91 bits per heavy atom. The van der Waals surface area contributed by atoms with Crippen molar-refractivity contribution in [3.05, 3.63) is 108 Å². The van der Waals surface area contributed by atoms with E-state index in [1.807, 2.05) is 30.3 Å².